The van der Waals surface area contributed by atoms with Crippen molar-refractivity contribution < 1.29 is 18.0 Å². The number of carbonyl (C=O) groups is 1. The van der Waals surface area contributed by atoms with E-state index in [2.05, 4.69) is 20.3 Å². The van der Waals surface area contributed by atoms with E-state index in [0.29, 0.717) is 35.6 Å². The number of hydrogen-bond donors (Lipinski definition) is 2. The summed E-state index contributed by atoms with van der Waals surface area (Å²) in [4.78, 5) is 26.9. The minimum absolute atomic E-state index is 0.00362. The molecule has 0 radical (unpaired) electrons. The fourth-order valence-corrected chi connectivity index (χ4v) is 3.91. The lowest BCUT2D eigenvalue weighted by Gasteiger charge is -2.29. The third-order valence-electron chi connectivity index (χ3n) is 5.06. The quantitative estimate of drug-likeness (QED) is 0.311. The molecule has 1 aromatic carbocycles. The molecule has 7 nitrogen and oxygen atoms in total. The van der Waals surface area contributed by atoms with Gasteiger partial charge in [-0.05, 0) is 47.5 Å². The van der Waals surface area contributed by atoms with Crippen molar-refractivity contribution in [2.45, 2.75) is 25.7 Å². The number of halogens is 5. The number of alkyl halides is 3. The molecule has 0 bridgehead atoms. The van der Waals surface area contributed by atoms with E-state index in [-0.39, 0.29) is 40.8 Å². The minimum atomic E-state index is -4.52. The van der Waals surface area contributed by atoms with Crippen LogP contribution in [0.2, 0.25) is 10.4 Å². The molecule has 0 unspecified atom stereocenters. The first-order chi connectivity index (χ1) is 15.6. The number of rotatable bonds is 4. The Hall–Kier alpha value is -3.11. The highest BCUT2D eigenvalue weighted by Crippen LogP contribution is 2.32. The summed E-state index contributed by atoms with van der Waals surface area (Å²) in [6.07, 6.45) is -4.09. The maximum Gasteiger partial charge on any atom is 0.416 e. The van der Waals surface area contributed by atoms with Gasteiger partial charge >= 0.3 is 6.18 Å². The number of anilines is 2. The molecule has 0 spiro atoms. The Morgan fingerprint density at radius 3 is 2.67 bits per heavy atom. The van der Waals surface area contributed by atoms with Gasteiger partial charge in [0.1, 0.15) is 16.7 Å². The molecule has 2 aromatic heterocycles. The number of hydrogen-bond acceptors (Lipinski definition) is 6. The second-order valence-corrected chi connectivity index (χ2v) is 8.13. The van der Waals surface area contributed by atoms with Crippen molar-refractivity contribution >= 4 is 40.6 Å². The van der Waals surface area contributed by atoms with E-state index in [9.17, 15) is 18.0 Å². The molecule has 3 N–H and O–H groups in total. The maximum atomic E-state index is 13.1. The number of fused-ring (bicyclic) bond motifs is 1. The van der Waals surface area contributed by atoms with Crippen LogP contribution in [0.3, 0.4) is 0 Å². The van der Waals surface area contributed by atoms with Crippen molar-refractivity contribution in [3.63, 3.8) is 0 Å². The van der Waals surface area contributed by atoms with Gasteiger partial charge in [-0.15, -0.1) is 0 Å². The molecule has 4 rings (SSSR count). The topological polar surface area (TPSA) is 97.0 Å². The van der Waals surface area contributed by atoms with Gasteiger partial charge in [-0.25, -0.2) is 15.0 Å². The third-order valence-corrected chi connectivity index (χ3v) is 5.44. The summed E-state index contributed by atoms with van der Waals surface area (Å²) in [5, 5.41) is 3.21. The summed E-state index contributed by atoms with van der Waals surface area (Å²) in [7, 11) is 0. The van der Waals surface area contributed by atoms with Crippen molar-refractivity contribution in [1.29, 1.82) is 0 Å². The van der Waals surface area contributed by atoms with Crippen LogP contribution in [0.15, 0.2) is 36.4 Å². The van der Waals surface area contributed by atoms with Gasteiger partial charge in [-0.2, -0.15) is 13.2 Å². The van der Waals surface area contributed by atoms with Crippen LogP contribution in [0.25, 0.3) is 0 Å². The predicted octanol–water partition coefficient (Wildman–Crippen LogP) is 4.59. The van der Waals surface area contributed by atoms with Gasteiger partial charge in [-0.3, -0.25) is 4.79 Å². The molecular formula is C21H17Cl2F3N6O. The van der Waals surface area contributed by atoms with Gasteiger partial charge in [0, 0.05) is 30.8 Å². The molecule has 3 heterocycles. The molecular weight excluding hydrogens is 480 g/mol. The van der Waals surface area contributed by atoms with Crippen LogP contribution in [0.4, 0.5) is 24.7 Å². The highest BCUT2D eigenvalue weighted by Gasteiger charge is 2.31. The van der Waals surface area contributed by atoms with Crippen LogP contribution in [0, 0.1) is 0 Å². The Bertz CT molecular complexity index is 1220. The first-order valence-electron chi connectivity index (χ1n) is 9.78. The van der Waals surface area contributed by atoms with Crippen molar-refractivity contribution in [3.05, 3.63) is 74.9 Å². The van der Waals surface area contributed by atoms with Gasteiger partial charge in [0.15, 0.2) is 0 Å². The van der Waals surface area contributed by atoms with Gasteiger partial charge in [-0.1, -0.05) is 17.7 Å². The molecule has 12 heteroatoms. The van der Waals surface area contributed by atoms with Crippen molar-refractivity contribution in [1.82, 2.24) is 19.9 Å². The zero-order valence-corrected chi connectivity index (χ0v) is 18.5. The lowest BCUT2D eigenvalue weighted by Crippen LogP contribution is -2.37. The third kappa shape index (κ3) is 5.28. The number of nitrogens with two attached hydrogens (primary N) is 1. The lowest BCUT2D eigenvalue weighted by molar-refractivity contribution is -0.137. The molecule has 1 aliphatic rings. The molecule has 0 saturated carbocycles. The Labute approximate surface area is 196 Å². The fraction of sp³-hybridized carbons (Fsp3) is 0.238. The van der Waals surface area contributed by atoms with Crippen LogP contribution in [0.5, 0.6) is 0 Å². The van der Waals surface area contributed by atoms with Crippen LogP contribution in [-0.4, -0.2) is 32.3 Å². The average Bonchev–Trinajstić information content (AvgIpc) is 2.75. The van der Waals surface area contributed by atoms with Crippen LogP contribution >= 0.6 is 23.2 Å². The fourth-order valence-electron chi connectivity index (χ4n) is 3.56. The highest BCUT2D eigenvalue weighted by atomic mass is 35.5. The Kier molecular flexibility index (Phi) is 6.31. The Balaban J connectivity index is 1.58. The number of pyridine rings is 1. The standard InChI is InChI=1S/C21H17Cl2F3N6O/c22-17-3-1-2-16(29-17)19(33)32-5-4-15-14(10-32)18(31-20(23)30-15)28-9-11-6-12(21(24,25)26)8-13(27)7-11/h1-3,6-8H,4-5,9-10,27H2,(H,28,30,31). The van der Waals surface area contributed by atoms with E-state index < -0.39 is 11.7 Å². The largest absolute Gasteiger partial charge is 0.416 e. The smallest absolute Gasteiger partial charge is 0.399 e. The number of aromatic nitrogens is 3. The SMILES string of the molecule is Nc1cc(CNc2nc(Cl)nc3c2CN(C(=O)c2cccc(Cl)n2)CC3)cc(C(F)(F)F)c1. The maximum absolute atomic E-state index is 13.1. The second-order valence-electron chi connectivity index (χ2n) is 7.40. The van der Waals surface area contributed by atoms with Crippen molar-refractivity contribution in [2.75, 3.05) is 17.6 Å². The number of nitrogens with zero attached hydrogens (tertiary/aromatic N) is 4. The first-order valence-corrected chi connectivity index (χ1v) is 10.5. The summed E-state index contributed by atoms with van der Waals surface area (Å²) in [6.45, 7) is 0.571. The van der Waals surface area contributed by atoms with Gasteiger partial charge in [0.2, 0.25) is 5.28 Å². The highest BCUT2D eigenvalue weighted by molar-refractivity contribution is 6.29. The van der Waals surface area contributed by atoms with Gasteiger partial charge in [0.05, 0.1) is 17.8 Å². The molecule has 1 aliphatic heterocycles. The first kappa shape index (κ1) is 23.1. The average molecular weight is 497 g/mol. The molecule has 172 valence electrons. The van der Waals surface area contributed by atoms with E-state index in [0.717, 1.165) is 12.1 Å². The number of nitrogen functional groups attached to an aromatic ring is 1. The van der Waals surface area contributed by atoms with E-state index in [1.165, 1.54) is 6.07 Å². The predicted molar refractivity (Wildman–Crippen MR) is 118 cm³/mol. The Morgan fingerprint density at radius 2 is 1.94 bits per heavy atom. The number of amides is 1. The Morgan fingerprint density at radius 1 is 1.15 bits per heavy atom. The van der Waals surface area contributed by atoms with Gasteiger partial charge < -0.3 is 16.0 Å². The van der Waals surface area contributed by atoms with E-state index in [4.69, 9.17) is 28.9 Å². The summed E-state index contributed by atoms with van der Waals surface area (Å²) < 4.78 is 39.3. The molecule has 0 fully saturated rings. The monoisotopic (exact) mass is 496 g/mol. The van der Waals surface area contributed by atoms with E-state index in [1.54, 1.807) is 23.1 Å². The lowest BCUT2D eigenvalue weighted by atomic mass is 10.0. The second kappa shape index (κ2) is 9.03. The minimum Gasteiger partial charge on any atom is -0.399 e. The summed E-state index contributed by atoms with van der Waals surface area (Å²) in [6, 6.07) is 8.11. The van der Waals surface area contributed by atoms with Crippen LogP contribution < -0.4 is 11.1 Å². The molecule has 0 aliphatic carbocycles. The number of benzene rings is 1. The zero-order valence-electron chi connectivity index (χ0n) is 17.0. The van der Waals surface area contributed by atoms with Crippen molar-refractivity contribution in [3.8, 4) is 0 Å². The molecule has 0 atom stereocenters. The van der Waals surface area contributed by atoms with E-state index >= 15 is 0 Å². The molecule has 33 heavy (non-hydrogen) atoms. The van der Waals surface area contributed by atoms with Crippen LogP contribution in [0.1, 0.15) is 32.9 Å². The summed E-state index contributed by atoms with van der Waals surface area (Å²) in [5.41, 5.74) is 6.60. The molecule has 3 aromatic rings. The summed E-state index contributed by atoms with van der Waals surface area (Å²) in [5.74, 6) is 0.0206. The molecule has 0 saturated heterocycles. The van der Waals surface area contributed by atoms with Crippen LogP contribution in [-0.2, 0) is 25.7 Å². The number of carbonyl (C=O) groups excluding carboxylic acids is 1. The summed E-state index contributed by atoms with van der Waals surface area (Å²) >= 11 is 11.9. The normalized spacial score (nSPS) is 13.5. The zero-order chi connectivity index (χ0) is 23.8. The van der Waals surface area contributed by atoms with E-state index in [1.807, 2.05) is 0 Å². The number of nitrogens with one attached hydrogen (secondary N) is 1. The van der Waals surface area contributed by atoms with Crippen molar-refractivity contribution in [2.24, 2.45) is 0 Å². The molecule has 1 amide bonds. The van der Waals surface area contributed by atoms with Gasteiger partial charge in [0.25, 0.3) is 5.91 Å².